The molecule has 0 bridgehead atoms. The lowest BCUT2D eigenvalue weighted by molar-refractivity contribution is 0.559. The van der Waals surface area contributed by atoms with E-state index in [-0.39, 0.29) is 0 Å². The van der Waals surface area contributed by atoms with Crippen molar-refractivity contribution in [2.24, 2.45) is 5.73 Å². The van der Waals surface area contributed by atoms with Crippen molar-refractivity contribution in [3.8, 4) is 0 Å². The third kappa shape index (κ3) is 2.78. The molecule has 2 N–H and O–H groups in total. The molecule has 1 aromatic heterocycles. The summed E-state index contributed by atoms with van der Waals surface area (Å²) < 4.78 is 5.07. The highest BCUT2D eigenvalue weighted by atomic mass is 35.5. The van der Waals surface area contributed by atoms with E-state index in [1.165, 1.54) is 0 Å². The molecular weight excluding hydrogens is 162 g/mol. The van der Waals surface area contributed by atoms with Crippen LogP contribution in [0.2, 0.25) is 5.22 Å². The second-order valence-electron chi connectivity index (χ2n) is 2.12. The van der Waals surface area contributed by atoms with Crippen LogP contribution in [0.3, 0.4) is 0 Å². The van der Waals surface area contributed by atoms with Gasteiger partial charge in [-0.05, 0) is 42.8 Å². The average Bonchev–Trinajstić information content (AvgIpc) is 2.37. The Morgan fingerprint density at radius 3 is 2.91 bits per heavy atom. The number of hydrogen-bond donors (Lipinski definition) is 1. The summed E-state index contributed by atoms with van der Waals surface area (Å²) in [6, 6.07) is 3.53. The number of furan rings is 1. The van der Waals surface area contributed by atoms with Crippen LogP contribution in [0.1, 0.15) is 12.2 Å². The second-order valence-corrected chi connectivity index (χ2v) is 2.49. The zero-order valence-corrected chi connectivity index (χ0v) is 6.84. The van der Waals surface area contributed by atoms with Crippen LogP contribution in [0.25, 0.3) is 6.08 Å². The fourth-order valence-electron chi connectivity index (χ4n) is 0.714. The van der Waals surface area contributed by atoms with Crippen molar-refractivity contribution in [3.63, 3.8) is 0 Å². The number of halogens is 1. The molecule has 1 heterocycles. The normalized spacial score (nSPS) is 11.1. The third-order valence-electron chi connectivity index (χ3n) is 1.21. The fourth-order valence-corrected chi connectivity index (χ4v) is 0.866. The summed E-state index contributed by atoms with van der Waals surface area (Å²) in [4.78, 5) is 0. The van der Waals surface area contributed by atoms with Gasteiger partial charge in [-0.15, -0.1) is 0 Å². The SMILES string of the molecule is NCCC=Cc1ccc(Cl)o1. The number of nitrogens with two attached hydrogens (primary N) is 1. The van der Waals surface area contributed by atoms with Crippen LogP contribution in [0.4, 0.5) is 0 Å². The predicted molar refractivity (Wildman–Crippen MR) is 46.4 cm³/mol. The van der Waals surface area contributed by atoms with E-state index < -0.39 is 0 Å². The first-order chi connectivity index (χ1) is 5.33. The molecule has 0 atom stereocenters. The molecule has 0 aliphatic rings. The van der Waals surface area contributed by atoms with Crippen LogP contribution in [0.5, 0.6) is 0 Å². The maximum atomic E-state index is 5.55. The van der Waals surface area contributed by atoms with Crippen LogP contribution in [-0.2, 0) is 0 Å². The van der Waals surface area contributed by atoms with E-state index in [0.717, 1.165) is 12.2 Å². The first-order valence-electron chi connectivity index (χ1n) is 3.45. The molecule has 60 valence electrons. The van der Waals surface area contributed by atoms with Gasteiger partial charge in [-0.1, -0.05) is 6.08 Å². The highest BCUT2D eigenvalue weighted by molar-refractivity contribution is 6.28. The monoisotopic (exact) mass is 171 g/mol. The van der Waals surface area contributed by atoms with Crippen LogP contribution in [0.15, 0.2) is 22.6 Å². The summed E-state index contributed by atoms with van der Waals surface area (Å²) in [5.74, 6) is 0.767. The van der Waals surface area contributed by atoms with Gasteiger partial charge in [0, 0.05) is 0 Å². The van der Waals surface area contributed by atoms with Crippen molar-refractivity contribution in [2.75, 3.05) is 6.54 Å². The molecule has 0 fully saturated rings. The summed E-state index contributed by atoms with van der Waals surface area (Å²) in [7, 11) is 0. The summed E-state index contributed by atoms with van der Waals surface area (Å²) in [5.41, 5.74) is 5.29. The lowest BCUT2D eigenvalue weighted by Gasteiger charge is -1.84. The van der Waals surface area contributed by atoms with Gasteiger partial charge in [0.05, 0.1) is 0 Å². The van der Waals surface area contributed by atoms with E-state index in [1.807, 2.05) is 18.2 Å². The van der Waals surface area contributed by atoms with Gasteiger partial charge in [-0.25, -0.2) is 0 Å². The summed E-state index contributed by atoms with van der Waals surface area (Å²) in [6.07, 6.45) is 4.67. The lowest BCUT2D eigenvalue weighted by Crippen LogP contribution is -1.94. The quantitative estimate of drug-likeness (QED) is 0.758. The maximum absolute atomic E-state index is 5.55. The van der Waals surface area contributed by atoms with Crippen molar-refractivity contribution >= 4 is 17.7 Å². The predicted octanol–water partition coefficient (Wildman–Crippen LogP) is 2.30. The van der Waals surface area contributed by atoms with E-state index in [0.29, 0.717) is 11.8 Å². The Kier molecular flexibility index (Phi) is 3.20. The van der Waals surface area contributed by atoms with Gasteiger partial charge in [0.25, 0.3) is 0 Å². The third-order valence-corrected chi connectivity index (χ3v) is 1.41. The molecule has 0 saturated carbocycles. The molecule has 0 unspecified atom stereocenters. The van der Waals surface area contributed by atoms with E-state index in [9.17, 15) is 0 Å². The van der Waals surface area contributed by atoms with Crippen molar-refractivity contribution in [1.82, 2.24) is 0 Å². The van der Waals surface area contributed by atoms with E-state index in [1.54, 1.807) is 6.07 Å². The average molecular weight is 172 g/mol. The number of rotatable bonds is 3. The Morgan fingerprint density at radius 2 is 2.36 bits per heavy atom. The first kappa shape index (κ1) is 8.37. The lowest BCUT2D eigenvalue weighted by atomic mass is 10.3. The molecule has 0 spiro atoms. The minimum absolute atomic E-state index is 0.414. The first-order valence-corrected chi connectivity index (χ1v) is 3.82. The molecule has 0 saturated heterocycles. The highest BCUT2D eigenvalue weighted by Crippen LogP contribution is 2.14. The minimum atomic E-state index is 0.414. The van der Waals surface area contributed by atoms with Crippen LogP contribution < -0.4 is 5.73 Å². The zero-order valence-electron chi connectivity index (χ0n) is 6.09. The zero-order chi connectivity index (χ0) is 8.10. The van der Waals surface area contributed by atoms with Crippen molar-refractivity contribution in [3.05, 3.63) is 29.2 Å². The molecule has 0 aromatic carbocycles. The molecular formula is C8H10ClNO. The molecule has 11 heavy (non-hydrogen) atoms. The molecule has 1 aromatic rings. The topological polar surface area (TPSA) is 39.2 Å². The molecule has 0 aliphatic carbocycles. The Hall–Kier alpha value is -0.730. The standard InChI is InChI=1S/C8H10ClNO/c9-8-5-4-7(11-8)3-1-2-6-10/h1,3-5H,2,6,10H2. The van der Waals surface area contributed by atoms with E-state index in [4.69, 9.17) is 21.8 Å². The maximum Gasteiger partial charge on any atom is 0.193 e. The minimum Gasteiger partial charge on any atom is -0.445 e. The van der Waals surface area contributed by atoms with Gasteiger partial charge >= 0.3 is 0 Å². The van der Waals surface area contributed by atoms with Gasteiger partial charge in [0.15, 0.2) is 5.22 Å². The van der Waals surface area contributed by atoms with Crippen LogP contribution in [0, 0.1) is 0 Å². The Morgan fingerprint density at radius 1 is 1.55 bits per heavy atom. The van der Waals surface area contributed by atoms with Crippen molar-refractivity contribution < 1.29 is 4.42 Å². The van der Waals surface area contributed by atoms with Gasteiger partial charge in [-0.3, -0.25) is 0 Å². The number of hydrogen-bond acceptors (Lipinski definition) is 2. The molecule has 3 heteroatoms. The largest absolute Gasteiger partial charge is 0.445 e. The smallest absolute Gasteiger partial charge is 0.193 e. The second kappa shape index (κ2) is 4.21. The molecule has 2 nitrogen and oxygen atoms in total. The van der Waals surface area contributed by atoms with Gasteiger partial charge in [-0.2, -0.15) is 0 Å². The summed E-state index contributed by atoms with van der Waals surface area (Å²) in [5, 5.41) is 0.414. The summed E-state index contributed by atoms with van der Waals surface area (Å²) >= 11 is 5.55. The molecule has 0 aliphatic heterocycles. The van der Waals surface area contributed by atoms with Gasteiger partial charge in [0.2, 0.25) is 0 Å². The van der Waals surface area contributed by atoms with E-state index >= 15 is 0 Å². The Labute approximate surface area is 70.6 Å². The van der Waals surface area contributed by atoms with Crippen LogP contribution in [-0.4, -0.2) is 6.54 Å². The van der Waals surface area contributed by atoms with Gasteiger partial charge < -0.3 is 10.2 Å². The van der Waals surface area contributed by atoms with Crippen molar-refractivity contribution in [1.29, 1.82) is 0 Å². The Balaban J connectivity index is 2.50. The van der Waals surface area contributed by atoms with Gasteiger partial charge in [0.1, 0.15) is 5.76 Å². The highest BCUT2D eigenvalue weighted by Gasteiger charge is 1.92. The molecule has 0 radical (unpaired) electrons. The molecule has 1 rings (SSSR count). The molecule has 0 amide bonds. The van der Waals surface area contributed by atoms with Crippen molar-refractivity contribution in [2.45, 2.75) is 6.42 Å². The fraction of sp³-hybridized carbons (Fsp3) is 0.250. The Bertz CT molecular complexity index is 242. The van der Waals surface area contributed by atoms with Crippen LogP contribution >= 0.6 is 11.6 Å². The summed E-state index contributed by atoms with van der Waals surface area (Å²) in [6.45, 7) is 0.658. The van der Waals surface area contributed by atoms with E-state index in [2.05, 4.69) is 0 Å².